The Morgan fingerprint density at radius 2 is 1.90 bits per heavy atom. The summed E-state index contributed by atoms with van der Waals surface area (Å²) >= 11 is 0. The predicted molar refractivity (Wildman–Crippen MR) is 144 cm³/mol. The third-order valence-corrected chi connectivity index (χ3v) is 6.49. The number of rotatable bonds is 10. The van der Waals surface area contributed by atoms with Crippen molar-refractivity contribution in [1.82, 2.24) is 34.7 Å². The van der Waals surface area contributed by atoms with E-state index in [0.717, 1.165) is 40.9 Å². The van der Waals surface area contributed by atoms with Gasteiger partial charge in [-0.15, -0.1) is 10.2 Å². The number of nitrogens with zero attached hydrogens (tertiary/aromatic N) is 6. The van der Waals surface area contributed by atoms with Crippen molar-refractivity contribution < 1.29 is 14.6 Å². The highest BCUT2D eigenvalue weighted by Crippen LogP contribution is 2.29. The van der Waals surface area contributed by atoms with E-state index in [9.17, 15) is 14.7 Å². The Labute approximate surface area is 223 Å². The molecule has 0 aliphatic rings. The molecule has 0 aliphatic carbocycles. The summed E-state index contributed by atoms with van der Waals surface area (Å²) in [6, 6.07) is 16.2. The van der Waals surface area contributed by atoms with Crippen molar-refractivity contribution in [3.8, 4) is 34.1 Å². The number of hydrogen-bond donors (Lipinski definition) is 2. The number of pyridine rings is 1. The lowest BCUT2D eigenvalue weighted by Gasteiger charge is -2.11. The molecular formula is C28H27N7O4. The van der Waals surface area contributed by atoms with Gasteiger partial charge in [0.1, 0.15) is 11.4 Å². The van der Waals surface area contributed by atoms with Crippen molar-refractivity contribution in [1.29, 1.82) is 0 Å². The number of imidazole rings is 1. The van der Waals surface area contributed by atoms with Crippen LogP contribution in [0.1, 0.15) is 41.4 Å². The number of ether oxygens (including phenoxy) is 1. The minimum atomic E-state index is -1.14. The number of methoxy groups -OCH3 is 1. The van der Waals surface area contributed by atoms with Crippen molar-refractivity contribution in [3.63, 3.8) is 0 Å². The first-order chi connectivity index (χ1) is 19.0. The van der Waals surface area contributed by atoms with Crippen LogP contribution >= 0.6 is 0 Å². The smallest absolute Gasteiger partial charge is 0.337 e. The van der Waals surface area contributed by atoms with E-state index >= 15 is 0 Å². The summed E-state index contributed by atoms with van der Waals surface area (Å²) in [6.45, 7) is 2.36. The second-order valence-corrected chi connectivity index (χ2v) is 8.96. The number of para-hydroxylation sites is 1. The molecule has 0 spiro atoms. The lowest BCUT2D eigenvalue weighted by Crippen LogP contribution is -2.26. The van der Waals surface area contributed by atoms with Gasteiger partial charge in [0.25, 0.3) is 0 Å². The molecule has 0 fully saturated rings. The number of tetrazole rings is 1. The Bertz CT molecular complexity index is 1650. The lowest BCUT2D eigenvalue weighted by atomic mass is 10.0. The highest BCUT2D eigenvalue weighted by molar-refractivity contribution is 5.93. The molecule has 0 atom stereocenters. The Hall–Kier alpha value is -5.06. The van der Waals surface area contributed by atoms with E-state index in [2.05, 4.69) is 32.5 Å². The summed E-state index contributed by atoms with van der Waals surface area (Å²) < 4.78 is 8.46. The van der Waals surface area contributed by atoms with Crippen LogP contribution in [0.5, 0.6) is 5.75 Å². The molecular weight excluding hydrogens is 498 g/mol. The molecule has 39 heavy (non-hydrogen) atoms. The molecule has 11 heteroatoms. The number of hydrogen-bond acceptors (Lipinski definition) is 7. The molecule has 11 nitrogen and oxygen atoms in total. The van der Waals surface area contributed by atoms with Crippen molar-refractivity contribution >= 4 is 5.97 Å². The maximum absolute atomic E-state index is 13.7. The van der Waals surface area contributed by atoms with Crippen LogP contribution in [0.25, 0.3) is 28.3 Å². The second kappa shape index (κ2) is 11.1. The zero-order chi connectivity index (χ0) is 27.4. The normalized spacial score (nSPS) is 11.0. The van der Waals surface area contributed by atoms with E-state index in [1.165, 1.54) is 17.7 Å². The number of carboxylic acids is 1. The molecule has 0 aliphatic heterocycles. The maximum atomic E-state index is 13.7. The highest BCUT2D eigenvalue weighted by Gasteiger charge is 2.22. The van der Waals surface area contributed by atoms with Crippen LogP contribution in [0.3, 0.4) is 0 Å². The molecule has 0 bridgehead atoms. The van der Waals surface area contributed by atoms with Crippen LogP contribution in [0, 0.1) is 0 Å². The van der Waals surface area contributed by atoms with Crippen molar-refractivity contribution in [2.45, 2.75) is 32.7 Å². The number of carbonyl (C=O) groups is 1. The quantitative estimate of drug-likeness (QED) is 0.279. The number of aromatic nitrogens is 7. The number of benzene rings is 2. The molecule has 2 aromatic carbocycles. The first-order valence-electron chi connectivity index (χ1n) is 12.5. The molecule has 0 amide bonds. The molecule has 0 radical (unpaired) electrons. The van der Waals surface area contributed by atoms with E-state index in [-0.39, 0.29) is 23.5 Å². The lowest BCUT2D eigenvalue weighted by molar-refractivity contribution is 0.0696. The number of unbranched alkanes of at least 4 members (excludes halogenated alkanes) is 1. The van der Waals surface area contributed by atoms with Gasteiger partial charge < -0.3 is 9.84 Å². The Balaban J connectivity index is 1.53. The molecule has 2 N–H and O–H groups in total. The summed E-state index contributed by atoms with van der Waals surface area (Å²) in [7, 11) is 1.45. The van der Waals surface area contributed by atoms with Crippen molar-refractivity contribution in [3.05, 3.63) is 94.3 Å². The molecule has 3 aromatic heterocycles. The molecule has 0 unspecified atom stereocenters. The number of nitrogens with one attached hydrogen (secondary N) is 1. The number of carboxylic acid groups (broad SMARTS) is 1. The van der Waals surface area contributed by atoms with Gasteiger partial charge in [0, 0.05) is 29.2 Å². The minimum Gasteiger partial charge on any atom is -0.495 e. The monoisotopic (exact) mass is 525 g/mol. The molecule has 0 saturated heterocycles. The number of aryl methyl sites for hydroxylation is 1. The topological polar surface area (TPSA) is 141 Å². The summed E-state index contributed by atoms with van der Waals surface area (Å²) in [4.78, 5) is 30.3. The van der Waals surface area contributed by atoms with E-state index in [4.69, 9.17) is 4.74 Å². The zero-order valence-corrected chi connectivity index (χ0v) is 21.5. The maximum Gasteiger partial charge on any atom is 0.337 e. The number of aromatic amines is 1. The molecule has 3 heterocycles. The SMILES string of the molecule is CCCCc1cn(-c2c(OC)cccc2C(=O)O)c(=O)n1Cc1ccc(-c2ccccc2-c2nn[nH]n2)nc1. The fraction of sp³-hybridized carbons (Fsp3) is 0.214. The van der Waals surface area contributed by atoms with Crippen LogP contribution in [0.15, 0.2) is 71.8 Å². The van der Waals surface area contributed by atoms with Crippen LogP contribution in [0.2, 0.25) is 0 Å². The predicted octanol–water partition coefficient (Wildman–Crippen LogP) is 3.98. The van der Waals surface area contributed by atoms with Gasteiger partial charge in [-0.1, -0.05) is 49.7 Å². The van der Waals surface area contributed by atoms with E-state index in [1.54, 1.807) is 29.1 Å². The van der Waals surface area contributed by atoms with Gasteiger partial charge in [-0.2, -0.15) is 5.21 Å². The van der Waals surface area contributed by atoms with Gasteiger partial charge in [-0.05, 0) is 41.8 Å². The Morgan fingerprint density at radius 1 is 1.08 bits per heavy atom. The average Bonchev–Trinajstić information content (AvgIpc) is 3.61. The van der Waals surface area contributed by atoms with Crippen molar-refractivity contribution in [2.75, 3.05) is 7.11 Å². The molecule has 5 rings (SSSR count). The van der Waals surface area contributed by atoms with Crippen LogP contribution in [-0.4, -0.2) is 52.9 Å². The molecule has 5 aromatic rings. The number of H-pyrrole nitrogens is 1. The van der Waals surface area contributed by atoms with Gasteiger partial charge in [0.2, 0.25) is 5.82 Å². The standard InChI is InChI=1S/C28H27N7O4/c1-3-4-8-19-17-35(25-22(27(36)37)11-7-12-24(25)39-2)28(38)34(19)16-18-13-14-23(29-15-18)20-9-5-6-10-21(20)26-30-32-33-31-26/h5-7,9-15,17H,3-4,8,16H2,1-2H3,(H,36,37)(H,30,31,32,33). The first-order valence-corrected chi connectivity index (χ1v) is 12.5. The molecule has 198 valence electrons. The third-order valence-electron chi connectivity index (χ3n) is 6.49. The van der Waals surface area contributed by atoms with Gasteiger partial charge in [-0.3, -0.25) is 14.1 Å². The first kappa shape index (κ1) is 25.6. The zero-order valence-electron chi connectivity index (χ0n) is 21.5. The summed E-state index contributed by atoms with van der Waals surface area (Å²) in [5.41, 5.74) is 3.86. The van der Waals surface area contributed by atoms with E-state index in [1.807, 2.05) is 36.4 Å². The highest BCUT2D eigenvalue weighted by atomic mass is 16.5. The summed E-state index contributed by atoms with van der Waals surface area (Å²) in [5.74, 6) is -0.357. The third kappa shape index (κ3) is 5.06. The fourth-order valence-corrected chi connectivity index (χ4v) is 4.56. The van der Waals surface area contributed by atoms with Crippen LogP contribution < -0.4 is 10.4 Å². The van der Waals surface area contributed by atoms with Crippen LogP contribution in [0.4, 0.5) is 0 Å². The van der Waals surface area contributed by atoms with Gasteiger partial charge in [-0.25, -0.2) is 9.59 Å². The van der Waals surface area contributed by atoms with Gasteiger partial charge in [0.15, 0.2) is 0 Å². The minimum absolute atomic E-state index is 0.0121. The van der Waals surface area contributed by atoms with E-state index in [0.29, 0.717) is 18.0 Å². The summed E-state index contributed by atoms with van der Waals surface area (Å²) in [6.07, 6.45) is 5.95. The Morgan fingerprint density at radius 3 is 2.56 bits per heavy atom. The van der Waals surface area contributed by atoms with Crippen LogP contribution in [-0.2, 0) is 13.0 Å². The van der Waals surface area contributed by atoms with Crippen molar-refractivity contribution in [2.24, 2.45) is 0 Å². The molecule has 0 saturated carbocycles. The number of aromatic carboxylic acids is 1. The fourth-order valence-electron chi connectivity index (χ4n) is 4.56. The average molecular weight is 526 g/mol. The second-order valence-electron chi connectivity index (χ2n) is 8.96. The summed E-state index contributed by atoms with van der Waals surface area (Å²) in [5, 5.41) is 24.1. The largest absolute Gasteiger partial charge is 0.495 e. The Kier molecular flexibility index (Phi) is 7.30. The van der Waals surface area contributed by atoms with E-state index < -0.39 is 5.97 Å². The van der Waals surface area contributed by atoms with Gasteiger partial charge in [0.05, 0.1) is 24.9 Å². The van der Waals surface area contributed by atoms with Gasteiger partial charge >= 0.3 is 11.7 Å².